The fraction of sp³-hybridized carbons (Fsp3) is 0.438. The number of aldehydes is 1. The summed E-state index contributed by atoms with van der Waals surface area (Å²) in [6.07, 6.45) is 2.17. The van der Waals surface area contributed by atoms with Gasteiger partial charge in [-0.3, -0.25) is 4.79 Å². The predicted octanol–water partition coefficient (Wildman–Crippen LogP) is 2.11. The molecule has 0 aromatic heterocycles. The van der Waals surface area contributed by atoms with Crippen molar-refractivity contribution in [3.8, 4) is 5.75 Å². The number of carbonyl (C=O) groups is 1. The van der Waals surface area contributed by atoms with Gasteiger partial charge in [0, 0.05) is 12.6 Å². The Kier molecular flexibility index (Phi) is 9.48. The third kappa shape index (κ3) is 7.10. The average molecular weight is 309 g/mol. The molecule has 0 fully saturated rings. The molecule has 0 unspecified atom stereocenters. The maximum atomic E-state index is 10.8. The third-order valence-corrected chi connectivity index (χ3v) is 2.73. The number of ether oxygens (including phenoxy) is 4. The molecular weight excluding hydrogens is 286 g/mol. The Morgan fingerprint density at radius 1 is 1.09 bits per heavy atom. The highest BCUT2D eigenvalue weighted by Crippen LogP contribution is 2.24. The van der Waals surface area contributed by atoms with E-state index in [9.17, 15) is 4.79 Å². The Balaban J connectivity index is 2.14. The zero-order valence-electron chi connectivity index (χ0n) is 12.9. The molecule has 1 rings (SSSR count). The highest BCUT2D eigenvalue weighted by atomic mass is 16.6. The van der Waals surface area contributed by atoms with Crippen molar-refractivity contribution in [2.45, 2.75) is 0 Å². The lowest BCUT2D eigenvalue weighted by Crippen LogP contribution is -2.12. The van der Waals surface area contributed by atoms with Gasteiger partial charge in [-0.1, -0.05) is 6.58 Å². The highest BCUT2D eigenvalue weighted by molar-refractivity contribution is 5.78. The van der Waals surface area contributed by atoms with Crippen molar-refractivity contribution < 1.29 is 23.7 Å². The summed E-state index contributed by atoms with van der Waals surface area (Å²) in [5, 5.41) is 3.01. The lowest BCUT2D eigenvalue weighted by atomic mass is 10.2. The minimum Gasteiger partial charge on any atom is -0.499 e. The fourth-order valence-electron chi connectivity index (χ4n) is 1.66. The Morgan fingerprint density at radius 2 is 1.77 bits per heavy atom. The molecule has 122 valence electrons. The monoisotopic (exact) mass is 309 g/mol. The molecule has 0 atom stereocenters. The molecule has 0 radical (unpaired) electrons. The lowest BCUT2D eigenvalue weighted by molar-refractivity contribution is 0.0228. The largest absolute Gasteiger partial charge is 0.499 e. The molecule has 0 amide bonds. The number of carbonyl (C=O) groups excluding carboxylic acids is 1. The SMILES string of the molecule is C=COCCOCCOCCOc1cc(C=O)ccc1NC. The quantitative estimate of drug-likeness (QED) is 0.342. The second-order valence-corrected chi connectivity index (χ2v) is 4.23. The maximum Gasteiger partial charge on any atom is 0.150 e. The summed E-state index contributed by atoms with van der Waals surface area (Å²) in [5.41, 5.74) is 1.40. The minimum absolute atomic E-state index is 0.399. The molecule has 0 aliphatic heterocycles. The summed E-state index contributed by atoms with van der Waals surface area (Å²) >= 11 is 0. The maximum absolute atomic E-state index is 10.8. The van der Waals surface area contributed by atoms with Crippen LogP contribution in [0.1, 0.15) is 10.4 Å². The van der Waals surface area contributed by atoms with Gasteiger partial charge < -0.3 is 24.3 Å². The highest BCUT2D eigenvalue weighted by Gasteiger charge is 2.03. The van der Waals surface area contributed by atoms with Crippen LogP contribution in [-0.4, -0.2) is 53.0 Å². The first-order chi connectivity index (χ1) is 10.8. The van der Waals surface area contributed by atoms with E-state index in [1.807, 2.05) is 0 Å². The van der Waals surface area contributed by atoms with Crippen LogP contribution in [-0.2, 0) is 14.2 Å². The van der Waals surface area contributed by atoms with Crippen LogP contribution in [0, 0.1) is 0 Å². The van der Waals surface area contributed by atoms with E-state index in [0.717, 1.165) is 12.0 Å². The molecule has 0 bridgehead atoms. The third-order valence-electron chi connectivity index (χ3n) is 2.73. The minimum atomic E-state index is 0.399. The van der Waals surface area contributed by atoms with E-state index in [4.69, 9.17) is 18.9 Å². The van der Waals surface area contributed by atoms with Crippen LogP contribution in [0.3, 0.4) is 0 Å². The Hall–Kier alpha value is -2.05. The van der Waals surface area contributed by atoms with Crippen LogP contribution in [0.2, 0.25) is 0 Å². The lowest BCUT2D eigenvalue weighted by Gasteiger charge is -2.12. The number of anilines is 1. The van der Waals surface area contributed by atoms with Crippen LogP contribution in [0.25, 0.3) is 0 Å². The van der Waals surface area contributed by atoms with Crippen molar-refractivity contribution in [1.82, 2.24) is 0 Å². The van der Waals surface area contributed by atoms with Crippen molar-refractivity contribution in [3.63, 3.8) is 0 Å². The normalized spacial score (nSPS) is 10.0. The van der Waals surface area contributed by atoms with Crippen LogP contribution >= 0.6 is 0 Å². The molecule has 22 heavy (non-hydrogen) atoms. The van der Waals surface area contributed by atoms with Gasteiger partial charge in [0.2, 0.25) is 0 Å². The van der Waals surface area contributed by atoms with E-state index >= 15 is 0 Å². The summed E-state index contributed by atoms with van der Waals surface area (Å²) in [6, 6.07) is 5.23. The number of hydrogen-bond acceptors (Lipinski definition) is 6. The van der Waals surface area contributed by atoms with Gasteiger partial charge in [-0.2, -0.15) is 0 Å². The summed E-state index contributed by atoms with van der Waals surface area (Å²) < 4.78 is 21.2. The van der Waals surface area contributed by atoms with Crippen LogP contribution < -0.4 is 10.1 Å². The first-order valence-corrected chi connectivity index (χ1v) is 7.09. The van der Waals surface area contributed by atoms with Gasteiger partial charge in [-0.05, 0) is 18.2 Å². The van der Waals surface area contributed by atoms with Gasteiger partial charge in [-0.15, -0.1) is 0 Å². The molecular formula is C16H23NO5. The smallest absolute Gasteiger partial charge is 0.150 e. The molecule has 6 nitrogen and oxygen atoms in total. The summed E-state index contributed by atoms with van der Waals surface area (Å²) in [7, 11) is 1.80. The number of hydrogen-bond donors (Lipinski definition) is 1. The molecule has 1 N–H and O–H groups in total. The molecule has 0 saturated carbocycles. The first-order valence-electron chi connectivity index (χ1n) is 7.09. The van der Waals surface area contributed by atoms with E-state index in [1.165, 1.54) is 6.26 Å². The van der Waals surface area contributed by atoms with Gasteiger partial charge in [0.25, 0.3) is 0 Å². The van der Waals surface area contributed by atoms with Gasteiger partial charge in [0.05, 0.1) is 38.4 Å². The molecule has 6 heteroatoms. The van der Waals surface area contributed by atoms with E-state index in [1.54, 1.807) is 25.2 Å². The summed E-state index contributed by atoms with van der Waals surface area (Å²) in [4.78, 5) is 10.8. The first kappa shape index (κ1) is 18.0. The zero-order valence-corrected chi connectivity index (χ0v) is 12.9. The van der Waals surface area contributed by atoms with Crippen molar-refractivity contribution in [1.29, 1.82) is 0 Å². The Labute approximate surface area is 131 Å². The van der Waals surface area contributed by atoms with Crippen LogP contribution in [0.15, 0.2) is 31.0 Å². The Bertz CT molecular complexity index is 450. The van der Waals surface area contributed by atoms with Gasteiger partial charge in [-0.25, -0.2) is 0 Å². The fourth-order valence-corrected chi connectivity index (χ4v) is 1.66. The molecule has 0 aliphatic rings. The topological polar surface area (TPSA) is 66.0 Å². The van der Waals surface area contributed by atoms with Gasteiger partial charge >= 0.3 is 0 Å². The van der Waals surface area contributed by atoms with Gasteiger partial charge in [0.1, 0.15) is 25.2 Å². The zero-order chi connectivity index (χ0) is 16.0. The summed E-state index contributed by atoms with van der Waals surface area (Å²) in [6.45, 7) is 6.28. The van der Waals surface area contributed by atoms with E-state index in [-0.39, 0.29) is 0 Å². The molecule has 0 heterocycles. The molecule has 1 aromatic rings. The molecule has 1 aromatic carbocycles. The van der Waals surface area contributed by atoms with Crippen LogP contribution in [0.4, 0.5) is 5.69 Å². The van der Waals surface area contributed by atoms with Crippen molar-refractivity contribution in [2.24, 2.45) is 0 Å². The van der Waals surface area contributed by atoms with Crippen molar-refractivity contribution >= 4 is 12.0 Å². The summed E-state index contributed by atoms with van der Waals surface area (Å²) in [5.74, 6) is 0.633. The van der Waals surface area contributed by atoms with E-state index in [2.05, 4.69) is 11.9 Å². The second kappa shape index (κ2) is 11.6. The standard InChI is InChI=1S/C16H23NO5/c1-3-19-6-7-20-8-9-21-10-11-22-16-12-14(13-18)4-5-15(16)17-2/h3-5,12-13,17H,1,6-11H2,2H3. The second-order valence-electron chi connectivity index (χ2n) is 4.23. The molecule has 0 aliphatic carbocycles. The number of rotatable bonds is 13. The van der Waals surface area contributed by atoms with E-state index < -0.39 is 0 Å². The number of benzene rings is 1. The Morgan fingerprint density at radius 3 is 2.41 bits per heavy atom. The van der Waals surface area contributed by atoms with Crippen LogP contribution in [0.5, 0.6) is 5.75 Å². The van der Waals surface area contributed by atoms with Gasteiger partial charge in [0.15, 0.2) is 0 Å². The van der Waals surface area contributed by atoms with E-state index in [0.29, 0.717) is 51.0 Å². The predicted molar refractivity (Wildman–Crippen MR) is 84.7 cm³/mol. The van der Waals surface area contributed by atoms with Crippen molar-refractivity contribution in [2.75, 3.05) is 52.0 Å². The molecule has 0 spiro atoms. The average Bonchev–Trinajstić information content (AvgIpc) is 2.56. The molecule has 0 saturated heterocycles. The number of nitrogens with one attached hydrogen (secondary N) is 1. The van der Waals surface area contributed by atoms with Crippen molar-refractivity contribution in [3.05, 3.63) is 36.6 Å².